The van der Waals surface area contributed by atoms with Gasteiger partial charge in [-0.1, -0.05) is 6.07 Å². The second-order valence-corrected chi connectivity index (χ2v) is 6.85. The second kappa shape index (κ2) is 9.07. The molecule has 2 rings (SSSR count). The summed E-state index contributed by atoms with van der Waals surface area (Å²) in [6, 6.07) is 12.2. The lowest BCUT2D eigenvalue weighted by Crippen LogP contribution is -2.31. The summed E-state index contributed by atoms with van der Waals surface area (Å²) < 4.78 is 37.6. The van der Waals surface area contributed by atoms with E-state index in [-0.39, 0.29) is 30.6 Å². The molecule has 0 saturated carbocycles. The van der Waals surface area contributed by atoms with Crippen molar-refractivity contribution in [2.24, 2.45) is 0 Å². The van der Waals surface area contributed by atoms with E-state index in [0.717, 1.165) is 0 Å². The maximum atomic E-state index is 12.4. The number of sulfonamides is 1. The van der Waals surface area contributed by atoms with Crippen molar-refractivity contribution in [2.75, 3.05) is 31.6 Å². The lowest BCUT2D eigenvalue weighted by atomic mass is 10.3. The molecule has 0 radical (unpaired) electrons. The number of aliphatic hydroxyl groups is 1. The van der Waals surface area contributed by atoms with Crippen molar-refractivity contribution in [2.45, 2.75) is 4.90 Å². The molecule has 140 valence electrons. The first-order valence-electron chi connectivity index (χ1n) is 7.72. The van der Waals surface area contributed by atoms with Crippen LogP contribution in [-0.2, 0) is 14.8 Å². The quantitative estimate of drug-likeness (QED) is 0.598. The maximum absolute atomic E-state index is 12.4. The zero-order valence-corrected chi connectivity index (χ0v) is 15.0. The van der Waals surface area contributed by atoms with Gasteiger partial charge in [-0.05, 0) is 36.4 Å². The number of benzene rings is 2. The molecule has 2 aromatic carbocycles. The molecule has 1 amide bonds. The lowest BCUT2D eigenvalue weighted by Gasteiger charge is -2.10. The number of hydrogen-bond donors (Lipinski definition) is 3. The number of rotatable bonds is 9. The third-order valence-corrected chi connectivity index (χ3v) is 4.66. The fourth-order valence-corrected chi connectivity index (χ4v) is 3.06. The van der Waals surface area contributed by atoms with E-state index < -0.39 is 10.0 Å². The van der Waals surface area contributed by atoms with Crippen molar-refractivity contribution in [3.63, 3.8) is 0 Å². The van der Waals surface area contributed by atoms with E-state index in [0.29, 0.717) is 17.2 Å². The molecule has 0 bridgehead atoms. The highest BCUT2D eigenvalue weighted by atomic mass is 32.2. The number of ether oxygens (including phenoxy) is 2. The summed E-state index contributed by atoms with van der Waals surface area (Å²) in [4.78, 5) is 11.4. The summed E-state index contributed by atoms with van der Waals surface area (Å²) in [7, 11) is -2.27. The van der Waals surface area contributed by atoms with Crippen LogP contribution in [0, 0.1) is 0 Å². The van der Waals surface area contributed by atoms with E-state index in [1.54, 1.807) is 24.3 Å². The van der Waals surface area contributed by atoms with Gasteiger partial charge in [-0.3, -0.25) is 9.52 Å². The van der Waals surface area contributed by atoms with E-state index in [2.05, 4.69) is 10.0 Å². The molecule has 0 aliphatic carbocycles. The molecule has 0 aliphatic rings. The first kappa shape index (κ1) is 19.5. The first-order chi connectivity index (χ1) is 12.4. The van der Waals surface area contributed by atoms with Crippen molar-refractivity contribution in [1.29, 1.82) is 0 Å². The third kappa shape index (κ3) is 5.64. The standard InChI is InChI=1S/C17H20N2O6S/c1-24-15-4-2-3-13(11-15)19-26(22,23)16-7-5-14(6-8-16)25-12-17(21)18-9-10-20/h2-8,11,19-20H,9-10,12H2,1H3,(H,18,21). The Morgan fingerprint density at radius 1 is 1.12 bits per heavy atom. The van der Waals surface area contributed by atoms with Gasteiger partial charge in [0, 0.05) is 12.6 Å². The fraction of sp³-hybridized carbons (Fsp3) is 0.235. The second-order valence-electron chi connectivity index (χ2n) is 5.17. The third-order valence-electron chi connectivity index (χ3n) is 3.26. The van der Waals surface area contributed by atoms with Crippen LogP contribution in [0.3, 0.4) is 0 Å². The highest BCUT2D eigenvalue weighted by Gasteiger charge is 2.14. The number of aliphatic hydroxyl groups excluding tert-OH is 1. The van der Waals surface area contributed by atoms with Gasteiger partial charge in [-0.2, -0.15) is 0 Å². The predicted molar refractivity (Wildman–Crippen MR) is 95.8 cm³/mol. The normalized spacial score (nSPS) is 10.8. The number of methoxy groups -OCH3 is 1. The molecule has 0 aliphatic heterocycles. The molecule has 0 fully saturated rings. The molecular weight excluding hydrogens is 360 g/mol. The summed E-state index contributed by atoms with van der Waals surface area (Å²) in [6.07, 6.45) is 0. The number of anilines is 1. The van der Waals surface area contributed by atoms with Gasteiger partial charge in [0.15, 0.2) is 6.61 Å². The number of carbonyl (C=O) groups excluding carboxylic acids is 1. The largest absolute Gasteiger partial charge is 0.497 e. The summed E-state index contributed by atoms with van der Waals surface area (Å²) in [5, 5.41) is 11.1. The minimum atomic E-state index is -3.77. The smallest absolute Gasteiger partial charge is 0.261 e. The van der Waals surface area contributed by atoms with Gasteiger partial charge in [-0.15, -0.1) is 0 Å². The SMILES string of the molecule is COc1cccc(NS(=O)(=O)c2ccc(OCC(=O)NCCO)cc2)c1. The Hall–Kier alpha value is -2.78. The van der Waals surface area contributed by atoms with Crippen LogP contribution < -0.4 is 19.5 Å². The van der Waals surface area contributed by atoms with Crippen molar-refractivity contribution < 1.29 is 27.8 Å². The van der Waals surface area contributed by atoms with Crippen LogP contribution in [0.4, 0.5) is 5.69 Å². The molecule has 0 atom stereocenters. The van der Waals surface area contributed by atoms with E-state index >= 15 is 0 Å². The fourth-order valence-electron chi connectivity index (χ4n) is 2.01. The van der Waals surface area contributed by atoms with E-state index in [4.69, 9.17) is 14.6 Å². The van der Waals surface area contributed by atoms with Gasteiger partial charge in [-0.25, -0.2) is 8.42 Å². The molecule has 2 aromatic rings. The zero-order valence-electron chi connectivity index (χ0n) is 14.1. The number of carbonyl (C=O) groups is 1. The Morgan fingerprint density at radius 3 is 2.50 bits per heavy atom. The zero-order chi connectivity index (χ0) is 19.0. The van der Waals surface area contributed by atoms with Crippen molar-refractivity contribution in [1.82, 2.24) is 5.32 Å². The van der Waals surface area contributed by atoms with Crippen LogP contribution >= 0.6 is 0 Å². The molecule has 9 heteroatoms. The number of amides is 1. The summed E-state index contributed by atoms with van der Waals surface area (Å²) in [5.74, 6) is 0.508. The average Bonchev–Trinajstić information content (AvgIpc) is 2.64. The first-order valence-corrected chi connectivity index (χ1v) is 9.20. The topological polar surface area (TPSA) is 114 Å². The molecule has 0 heterocycles. The van der Waals surface area contributed by atoms with Crippen LogP contribution in [0.25, 0.3) is 0 Å². The van der Waals surface area contributed by atoms with Gasteiger partial charge in [0.1, 0.15) is 11.5 Å². The molecule has 0 unspecified atom stereocenters. The van der Waals surface area contributed by atoms with E-state index in [1.807, 2.05) is 0 Å². The highest BCUT2D eigenvalue weighted by molar-refractivity contribution is 7.92. The summed E-state index contributed by atoms with van der Waals surface area (Å²) in [5.41, 5.74) is 0.380. The van der Waals surface area contributed by atoms with Crippen molar-refractivity contribution in [3.05, 3.63) is 48.5 Å². The van der Waals surface area contributed by atoms with Crippen LogP contribution in [-0.4, -0.2) is 46.3 Å². The Labute approximate surface area is 151 Å². The Bertz CT molecular complexity index is 837. The van der Waals surface area contributed by atoms with Crippen LogP contribution in [0.2, 0.25) is 0 Å². The summed E-state index contributed by atoms with van der Waals surface area (Å²) >= 11 is 0. The van der Waals surface area contributed by atoms with E-state index in [1.165, 1.54) is 31.4 Å². The van der Waals surface area contributed by atoms with Gasteiger partial charge in [0.2, 0.25) is 0 Å². The molecule has 0 aromatic heterocycles. The van der Waals surface area contributed by atoms with E-state index in [9.17, 15) is 13.2 Å². The Kier molecular flexibility index (Phi) is 6.81. The monoisotopic (exact) mass is 380 g/mol. The lowest BCUT2D eigenvalue weighted by molar-refractivity contribution is -0.123. The van der Waals surface area contributed by atoms with Crippen LogP contribution in [0.1, 0.15) is 0 Å². The minimum Gasteiger partial charge on any atom is -0.497 e. The maximum Gasteiger partial charge on any atom is 0.261 e. The minimum absolute atomic E-state index is 0.0531. The van der Waals surface area contributed by atoms with Gasteiger partial charge >= 0.3 is 0 Å². The summed E-state index contributed by atoms with van der Waals surface area (Å²) in [6.45, 7) is -0.234. The van der Waals surface area contributed by atoms with Gasteiger partial charge in [0.05, 0.1) is 24.3 Å². The highest BCUT2D eigenvalue weighted by Crippen LogP contribution is 2.22. The number of nitrogens with one attached hydrogen (secondary N) is 2. The van der Waals surface area contributed by atoms with Gasteiger partial charge < -0.3 is 19.9 Å². The molecule has 0 saturated heterocycles. The average molecular weight is 380 g/mol. The van der Waals surface area contributed by atoms with Gasteiger partial charge in [0.25, 0.3) is 15.9 Å². The van der Waals surface area contributed by atoms with Crippen molar-refractivity contribution in [3.8, 4) is 11.5 Å². The molecule has 26 heavy (non-hydrogen) atoms. The van der Waals surface area contributed by atoms with Crippen molar-refractivity contribution >= 4 is 21.6 Å². The van der Waals surface area contributed by atoms with Crippen LogP contribution in [0.5, 0.6) is 11.5 Å². The molecule has 3 N–H and O–H groups in total. The predicted octanol–water partition coefficient (Wildman–Crippen LogP) is 0.983. The molecule has 0 spiro atoms. The van der Waals surface area contributed by atoms with Crippen LogP contribution in [0.15, 0.2) is 53.4 Å². The molecule has 8 nitrogen and oxygen atoms in total. The Morgan fingerprint density at radius 2 is 1.85 bits per heavy atom. The number of hydrogen-bond acceptors (Lipinski definition) is 6. The molecular formula is C17H20N2O6S. The Balaban J connectivity index is 2.00.